The molecule has 0 fully saturated rings. The third-order valence-electron chi connectivity index (χ3n) is 3.22. The number of benzene rings is 2. The van der Waals surface area contributed by atoms with Gasteiger partial charge in [0.25, 0.3) is 0 Å². The number of hydrogen-bond donors (Lipinski definition) is 1. The lowest BCUT2D eigenvalue weighted by Gasteiger charge is -2.09. The molecular formula is C15H15N3O2. The Kier molecular flexibility index (Phi) is 2.95. The molecule has 0 saturated heterocycles. The molecule has 20 heavy (non-hydrogen) atoms. The molecule has 0 amide bonds. The van der Waals surface area contributed by atoms with Crippen molar-refractivity contribution in [2.24, 2.45) is 0 Å². The molecule has 102 valence electrons. The zero-order valence-electron chi connectivity index (χ0n) is 11.3. The molecule has 0 radical (unpaired) electrons. The lowest BCUT2D eigenvalue weighted by atomic mass is 10.2. The van der Waals surface area contributed by atoms with Crippen LogP contribution in [0.15, 0.2) is 42.7 Å². The molecule has 1 heterocycles. The van der Waals surface area contributed by atoms with Gasteiger partial charge in [-0.25, -0.2) is 4.98 Å². The SMILES string of the molecule is COc1cc2ncn(-c3ccc(N)cc3)c2cc1OC. The Morgan fingerprint density at radius 1 is 1.00 bits per heavy atom. The van der Waals surface area contributed by atoms with E-state index in [9.17, 15) is 0 Å². The van der Waals surface area contributed by atoms with Crippen LogP contribution in [0.1, 0.15) is 0 Å². The smallest absolute Gasteiger partial charge is 0.163 e. The monoisotopic (exact) mass is 269 g/mol. The van der Waals surface area contributed by atoms with E-state index in [1.165, 1.54) is 0 Å². The fourth-order valence-corrected chi connectivity index (χ4v) is 2.18. The molecule has 0 aliphatic rings. The van der Waals surface area contributed by atoms with Gasteiger partial charge < -0.3 is 15.2 Å². The van der Waals surface area contributed by atoms with Crippen LogP contribution in [-0.2, 0) is 0 Å². The number of anilines is 1. The van der Waals surface area contributed by atoms with E-state index in [4.69, 9.17) is 15.2 Å². The van der Waals surface area contributed by atoms with Gasteiger partial charge >= 0.3 is 0 Å². The van der Waals surface area contributed by atoms with Gasteiger partial charge in [0, 0.05) is 23.5 Å². The summed E-state index contributed by atoms with van der Waals surface area (Å²) >= 11 is 0. The number of fused-ring (bicyclic) bond motifs is 1. The average molecular weight is 269 g/mol. The van der Waals surface area contributed by atoms with Gasteiger partial charge in [0.2, 0.25) is 0 Å². The largest absolute Gasteiger partial charge is 0.493 e. The highest BCUT2D eigenvalue weighted by Crippen LogP contribution is 2.32. The highest BCUT2D eigenvalue weighted by molar-refractivity contribution is 5.81. The van der Waals surface area contributed by atoms with Gasteiger partial charge in [-0.1, -0.05) is 0 Å². The summed E-state index contributed by atoms with van der Waals surface area (Å²) in [7, 11) is 3.23. The standard InChI is InChI=1S/C15H15N3O2/c1-19-14-7-12-13(8-15(14)20-2)18(9-17-12)11-5-3-10(16)4-6-11/h3-9H,16H2,1-2H3. The predicted octanol–water partition coefficient (Wildman–Crippen LogP) is 2.62. The molecule has 0 bridgehead atoms. The topological polar surface area (TPSA) is 62.3 Å². The van der Waals surface area contributed by atoms with Gasteiger partial charge in [0.15, 0.2) is 11.5 Å². The van der Waals surface area contributed by atoms with Gasteiger partial charge in [0.05, 0.1) is 25.3 Å². The highest BCUT2D eigenvalue weighted by atomic mass is 16.5. The Morgan fingerprint density at radius 3 is 2.30 bits per heavy atom. The van der Waals surface area contributed by atoms with Crippen LogP contribution >= 0.6 is 0 Å². The molecule has 0 aliphatic heterocycles. The minimum absolute atomic E-state index is 0.669. The van der Waals surface area contributed by atoms with Crippen LogP contribution < -0.4 is 15.2 Å². The zero-order chi connectivity index (χ0) is 14.1. The van der Waals surface area contributed by atoms with Crippen molar-refractivity contribution >= 4 is 16.7 Å². The lowest BCUT2D eigenvalue weighted by molar-refractivity contribution is 0.355. The number of rotatable bonds is 3. The summed E-state index contributed by atoms with van der Waals surface area (Å²) in [6.45, 7) is 0. The molecule has 0 unspecified atom stereocenters. The zero-order valence-corrected chi connectivity index (χ0v) is 11.3. The summed E-state index contributed by atoms with van der Waals surface area (Å²) in [6, 6.07) is 11.4. The molecule has 0 aliphatic carbocycles. The molecular weight excluding hydrogens is 254 g/mol. The second-order valence-electron chi connectivity index (χ2n) is 4.40. The molecule has 0 atom stereocenters. The number of ether oxygens (including phenoxy) is 2. The number of nitrogens with zero attached hydrogens (tertiary/aromatic N) is 2. The van der Waals surface area contributed by atoms with Gasteiger partial charge in [0.1, 0.15) is 6.33 Å². The molecule has 0 spiro atoms. The van der Waals surface area contributed by atoms with E-state index in [0.29, 0.717) is 11.5 Å². The van der Waals surface area contributed by atoms with Crippen molar-refractivity contribution < 1.29 is 9.47 Å². The van der Waals surface area contributed by atoms with E-state index in [0.717, 1.165) is 22.4 Å². The average Bonchev–Trinajstić information content (AvgIpc) is 2.89. The van der Waals surface area contributed by atoms with Crippen LogP contribution in [-0.4, -0.2) is 23.8 Å². The summed E-state index contributed by atoms with van der Waals surface area (Å²) in [5, 5.41) is 0. The van der Waals surface area contributed by atoms with Gasteiger partial charge in [-0.3, -0.25) is 4.57 Å². The Hall–Kier alpha value is -2.69. The van der Waals surface area contributed by atoms with Crippen molar-refractivity contribution in [2.45, 2.75) is 0 Å². The molecule has 2 aromatic carbocycles. The third-order valence-corrected chi connectivity index (χ3v) is 3.22. The summed E-state index contributed by atoms with van der Waals surface area (Å²) in [5.74, 6) is 1.35. The lowest BCUT2D eigenvalue weighted by Crippen LogP contribution is -1.94. The van der Waals surface area contributed by atoms with Gasteiger partial charge in [-0.2, -0.15) is 0 Å². The second kappa shape index (κ2) is 4.77. The highest BCUT2D eigenvalue weighted by Gasteiger charge is 2.11. The first-order chi connectivity index (χ1) is 9.72. The first kappa shape index (κ1) is 12.3. The predicted molar refractivity (Wildman–Crippen MR) is 78.6 cm³/mol. The van der Waals surface area contributed by atoms with Crippen molar-refractivity contribution in [1.29, 1.82) is 0 Å². The number of nitrogen functional groups attached to an aromatic ring is 1. The van der Waals surface area contributed by atoms with Crippen LogP contribution in [0.4, 0.5) is 5.69 Å². The van der Waals surface area contributed by atoms with Crippen LogP contribution in [0.5, 0.6) is 11.5 Å². The molecule has 2 N–H and O–H groups in total. The Labute approximate surface area is 116 Å². The van der Waals surface area contributed by atoms with E-state index in [1.807, 2.05) is 41.0 Å². The second-order valence-corrected chi connectivity index (χ2v) is 4.40. The van der Waals surface area contributed by atoms with E-state index >= 15 is 0 Å². The van der Waals surface area contributed by atoms with E-state index in [2.05, 4.69) is 4.98 Å². The quantitative estimate of drug-likeness (QED) is 0.742. The Balaban J connectivity index is 2.20. The third kappa shape index (κ3) is 1.93. The van der Waals surface area contributed by atoms with Crippen LogP contribution in [0, 0.1) is 0 Å². The minimum atomic E-state index is 0.669. The van der Waals surface area contributed by atoms with Crippen molar-refractivity contribution in [2.75, 3.05) is 20.0 Å². The van der Waals surface area contributed by atoms with Crippen LogP contribution in [0.25, 0.3) is 16.7 Å². The van der Waals surface area contributed by atoms with Gasteiger partial charge in [-0.15, -0.1) is 0 Å². The molecule has 0 saturated carbocycles. The molecule has 1 aromatic heterocycles. The maximum atomic E-state index is 5.71. The Bertz CT molecular complexity index is 748. The van der Waals surface area contributed by atoms with E-state index < -0.39 is 0 Å². The minimum Gasteiger partial charge on any atom is -0.493 e. The van der Waals surface area contributed by atoms with Crippen LogP contribution in [0.3, 0.4) is 0 Å². The van der Waals surface area contributed by atoms with Crippen molar-refractivity contribution in [3.05, 3.63) is 42.7 Å². The van der Waals surface area contributed by atoms with Crippen LogP contribution in [0.2, 0.25) is 0 Å². The molecule has 5 nitrogen and oxygen atoms in total. The normalized spacial score (nSPS) is 10.7. The number of imidazole rings is 1. The van der Waals surface area contributed by atoms with Crippen molar-refractivity contribution in [3.63, 3.8) is 0 Å². The fraction of sp³-hybridized carbons (Fsp3) is 0.133. The molecule has 3 rings (SSSR count). The van der Waals surface area contributed by atoms with E-state index in [1.54, 1.807) is 20.5 Å². The maximum absolute atomic E-state index is 5.71. The summed E-state index contributed by atoms with van der Waals surface area (Å²) in [5.41, 5.74) is 9.24. The number of hydrogen-bond acceptors (Lipinski definition) is 4. The van der Waals surface area contributed by atoms with Crippen molar-refractivity contribution in [1.82, 2.24) is 9.55 Å². The van der Waals surface area contributed by atoms with Gasteiger partial charge in [-0.05, 0) is 24.3 Å². The fourth-order valence-electron chi connectivity index (χ4n) is 2.18. The Morgan fingerprint density at radius 2 is 1.65 bits per heavy atom. The summed E-state index contributed by atoms with van der Waals surface area (Å²) in [4.78, 5) is 4.40. The first-order valence-corrected chi connectivity index (χ1v) is 6.18. The number of nitrogens with two attached hydrogens (primary N) is 1. The van der Waals surface area contributed by atoms with Crippen molar-refractivity contribution in [3.8, 4) is 17.2 Å². The summed E-state index contributed by atoms with van der Waals surface area (Å²) < 4.78 is 12.6. The summed E-state index contributed by atoms with van der Waals surface area (Å²) in [6.07, 6.45) is 1.77. The van der Waals surface area contributed by atoms with E-state index in [-0.39, 0.29) is 0 Å². The first-order valence-electron chi connectivity index (χ1n) is 6.18. The maximum Gasteiger partial charge on any atom is 0.163 e. The molecule has 3 aromatic rings. The number of aromatic nitrogens is 2. The number of methoxy groups -OCH3 is 2. The molecule has 5 heteroatoms.